The summed E-state index contributed by atoms with van der Waals surface area (Å²) in [6, 6.07) is 9.20. The van der Waals surface area contributed by atoms with Crippen molar-refractivity contribution < 1.29 is 19.4 Å². The van der Waals surface area contributed by atoms with Gasteiger partial charge in [0.1, 0.15) is 17.1 Å². The minimum absolute atomic E-state index is 0.0910. The van der Waals surface area contributed by atoms with Crippen molar-refractivity contribution >= 4 is 5.91 Å². The van der Waals surface area contributed by atoms with Gasteiger partial charge >= 0.3 is 0 Å². The van der Waals surface area contributed by atoms with E-state index in [2.05, 4.69) is 17.1 Å². The van der Waals surface area contributed by atoms with Gasteiger partial charge in [0.15, 0.2) is 11.5 Å². The number of phenols is 1. The number of nitrogens with one attached hydrogen (secondary N) is 1. The van der Waals surface area contributed by atoms with Crippen LogP contribution in [0.15, 0.2) is 30.3 Å². The van der Waals surface area contributed by atoms with E-state index in [1.807, 2.05) is 56.9 Å². The lowest BCUT2D eigenvalue weighted by Crippen LogP contribution is -2.30. The Labute approximate surface area is 194 Å². The molecule has 0 radical (unpaired) electrons. The van der Waals surface area contributed by atoms with Crippen molar-refractivity contribution in [3.8, 4) is 28.5 Å². The Morgan fingerprint density at radius 3 is 2.45 bits per heavy atom. The number of H-pyrrole nitrogens is 1. The van der Waals surface area contributed by atoms with Crippen molar-refractivity contribution in [3.63, 3.8) is 0 Å². The van der Waals surface area contributed by atoms with Gasteiger partial charge in [-0.05, 0) is 69.0 Å². The number of carbonyl (C=O) groups excluding carboxylic acids is 1. The quantitative estimate of drug-likeness (QED) is 0.496. The van der Waals surface area contributed by atoms with Gasteiger partial charge in [0.2, 0.25) is 0 Å². The topological polar surface area (TPSA) is 87.7 Å². The monoisotopic (exact) mass is 449 g/mol. The average molecular weight is 450 g/mol. The van der Waals surface area contributed by atoms with Gasteiger partial charge in [-0.25, -0.2) is 0 Å². The molecule has 0 bridgehead atoms. The van der Waals surface area contributed by atoms with Crippen LogP contribution in [-0.4, -0.2) is 45.9 Å². The number of aromatic nitrogens is 2. The van der Waals surface area contributed by atoms with E-state index in [1.54, 1.807) is 6.07 Å². The minimum atomic E-state index is -0.351. The molecule has 2 aromatic carbocycles. The van der Waals surface area contributed by atoms with Crippen molar-refractivity contribution in [2.24, 2.45) is 0 Å². The van der Waals surface area contributed by atoms with Gasteiger partial charge < -0.3 is 19.5 Å². The van der Waals surface area contributed by atoms with Crippen LogP contribution >= 0.6 is 0 Å². The zero-order valence-electron chi connectivity index (χ0n) is 19.9. The predicted octanol–water partition coefficient (Wildman–Crippen LogP) is 5.15. The number of hydrogen-bond acceptors (Lipinski definition) is 5. The fourth-order valence-corrected chi connectivity index (χ4v) is 4.70. The molecule has 1 aromatic heterocycles. The maximum Gasteiger partial charge on any atom is 0.273 e. The molecule has 0 saturated carbocycles. The van der Waals surface area contributed by atoms with E-state index in [4.69, 9.17) is 9.47 Å². The molecular formula is C26H31N3O4. The maximum atomic E-state index is 13.4. The van der Waals surface area contributed by atoms with Crippen molar-refractivity contribution in [1.29, 1.82) is 0 Å². The molecule has 7 nitrogen and oxygen atoms in total. The lowest BCUT2D eigenvalue weighted by atomic mass is 9.93. The van der Waals surface area contributed by atoms with E-state index >= 15 is 0 Å². The van der Waals surface area contributed by atoms with Gasteiger partial charge in [0.05, 0.1) is 19.3 Å². The number of ether oxygens (including phenoxy) is 2. The summed E-state index contributed by atoms with van der Waals surface area (Å²) in [4.78, 5) is 15.2. The number of rotatable bonds is 8. The van der Waals surface area contributed by atoms with Crippen molar-refractivity contribution in [2.45, 2.75) is 47.1 Å². The molecular weight excluding hydrogens is 418 g/mol. The maximum absolute atomic E-state index is 13.4. The fraction of sp³-hybridized carbons (Fsp3) is 0.385. The lowest BCUT2D eigenvalue weighted by Gasteiger charge is -2.27. The summed E-state index contributed by atoms with van der Waals surface area (Å²) in [5, 5.41) is 18.2. The molecule has 0 fully saturated rings. The first-order valence-corrected chi connectivity index (χ1v) is 11.5. The second kappa shape index (κ2) is 9.17. The Bertz CT molecular complexity index is 1160. The van der Waals surface area contributed by atoms with E-state index in [1.165, 1.54) is 0 Å². The molecule has 2 N–H and O–H groups in total. The summed E-state index contributed by atoms with van der Waals surface area (Å²) >= 11 is 0. The normalized spacial score (nSPS) is 15.1. The highest BCUT2D eigenvalue weighted by molar-refractivity contribution is 6.00. The minimum Gasteiger partial charge on any atom is -0.507 e. The Balaban J connectivity index is 1.91. The second-order valence-electron chi connectivity index (χ2n) is 8.31. The highest BCUT2D eigenvalue weighted by Gasteiger charge is 2.42. The molecule has 4 rings (SSSR count). The number of aryl methyl sites for hydroxylation is 2. The molecule has 0 saturated heterocycles. The molecule has 7 heteroatoms. The zero-order chi connectivity index (χ0) is 23.7. The van der Waals surface area contributed by atoms with E-state index in [0.717, 1.165) is 28.7 Å². The number of hydrogen-bond donors (Lipinski definition) is 2. The Morgan fingerprint density at radius 2 is 1.79 bits per heavy atom. The fourth-order valence-electron chi connectivity index (χ4n) is 4.70. The molecule has 1 amide bonds. The first-order valence-electron chi connectivity index (χ1n) is 11.5. The van der Waals surface area contributed by atoms with Crippen LogP contribution in [0.3, 0.4) is 0 Å². The summed E-state index contributed by atoms with van der Waals surface area (Å²) in [6.45, 7) is 11.4. The molecule has 33 heavy (non-hydrogen) atoms. The van der Waals surface area contributed by atoms with Gasteiger partial charge in [0, 0.05) is 17.7 Å². The van der Waals surface area contributed by atoms with Crippen LogP contribution in [0.4, 0.5) is 0 Å². The number of nitrogens with zero attached hydrogens (tertiary/aromatic N) is 2. The summed E-state index contributed by atoms with van der Waals surface area (Å²) in [5.41, 5.74) is 5.28. The zero-order valence-corrected chi connectivity index (χ0v) is 19.9. The average Bonchev–Trinajstić information content (AvgIpc) is 3.29. The Hall–Kier alpha value is -3.48. The van der Waals surface area contributed by atoms with Crippen LogP contribution in [-0.2, 0) is 0 Å². The van der Waals surface area contributed by atoms with Gasteiger partial charge in [-0.2, -0.15) is 5.10 Å². The number of fused-ring (bicyclic) bond motifs is 1. The Kier molecular flexibility index (Phi) is 6.31. The third kappa shape index (κ3) is 3.92. The van der Waals surface area contributed by atoms with Gasteiger partial charge in [0.25, 0.3) is 5.91 Å². The first-order chi connectivity index (χ1) is 15.9. The largest absolute Gasteiger partial charge is 0.507 e. The second-order valence-corrected chi connectivity index (χ2v) is 8.31. The number of carbonyl (C=O) groups is 1. The highest BCUT2D eigenvalue weighted by atomic mass is 16.5. The summed E-state index contributed by atoms with van der Waals surface area (Å²) in [7, 11) is 0. The first kappa shape index (κ1) is 22.7. The number of amides is 1. The molecule has 1 aliphatic rings. The van der Waals surface area contributed by atoms with E-state index < -0.39 is 0 Å². The van der Waals surface area contributed by atoms with Crippen LogP contribution in [0.1, 0.15) is 66.0 Å². The smallest absolute Gasteiger partial charge is 0.273 e. The standard InChI is InChI=1S/C26H31N3O4/c1-6-11-29-25(17-9-10-19(32-7-2)20(14-17)33-8-3)22-23(27-28-24(22)26(29)31)21-16(5)12-15(4)13-18(21)30/h9-10,12-14,25,30H,6-8,11H2,1-5H3,(H,27,28). The van der Waals surface area contributed by atoms with Crippen LogP contribution in [0.25, 0.3) is 11.3 Å². The molecule has 1 atom stereocenters. The van der Waals surface area contributed by atoms with Gasteiger partial charge in [-0.3, -0.25) is 9.89 Å². The van der Waals surface area contributed by atoms with Crippen LogP contribution in [0.5, 0.6) is 17.2 Å². The van der Waals surface area contributed by atoms with Crippen molar-refractivity contribution in [3.05, 3.63) is 58.3 Å². The SMILES string of the molecule is CCCN1C(=O)c2[nH]nc(-c3c(C)cc(C)cc3O)c2C1c1ccc(OCC)c(OCC)c1. The third-order valence-electron chi connectivity index (χ3n) is 5.91. The number of benzene rings is 2. The van der Waals surface area contributed by atoms with Crippen LogP contribution < -0.4 is 9.47 Å². The van der Waals surface area contributed by atoms with E-state index in [-0.39, 0.29) is 17.7 Å². The number of phenolic OH excluding ortho intramolecular Hbond substituents is 1. The summed E-state index contributed by atoms with van der Waals surface area (Å²) in [6.07, 6.45) is 0.819. The molecule has 3 aromatic rings. The molecule has 1 aliphatic heterocycles. The predicted molar refractivity (Wildman–Crippen MR) is 127 cm³/mol. The molecule has 1 unspecified atom stereocenters. The highest BCUT2D eigenvalue weighted by Crippen LogP contribution is 2.46. The van der Waals surface area contributed by atoms with E-state index in [0.29, 0.717) is 48.2 Å². The molecule has 174 valence electrons. The van der Waals surface area contributed by atoms with Crippen LogP contribution in [0, 0.1) is 13.8 Å². The van der Waals surface area contributed by atoms with Crippen molar-refractivity contribution in [2.75, 3.05) is 19.8 Å². The molecule has 0 spiro atoms. The molecule has 0 aliphatic carbocycles. The molecule has 2 heterocycles. The third-order valence-corrected chi connectivity index (χ3v) is 5.91. The lowest BCUT2D eigenvalue weighted by molar-refractivity contribution is 0.0743. The number of aromatic amines is 1. The van der Waals surface area contributed by atoms with Crippen molar-refractivity contribution in [1.82, 2.24) is 15.1 Å². The van der Waals surface area contributed by atoms with E-state index in [9.17, 15) is 9.90 Å². The van der Waals surface area contributed by atoms with Gasteiger partial charge in [-0.1, -0.05) is 19.1 Å². The number of aromatic hydroxyl groups is 1. The summed E-state index contributed by atoms with van der Waals surface area (Å²) in [5.74, 6) is 1.39. The van der Waals surface area contributed by atoms with Gasteiger partial charge in [-0.15, -0.1) is 0 Å². The Morgan fingerprint density at radius 1 is 1.06 bits per heavy atom. The summed E-state index contributed by atoms with van der Waals surface area (Å²) < 4.78 is 11.6. The van der Waals surface area contributed by atoms with Crippen LogP contribution in [0.2, 0.25) is 0 Å².